The molecule has 0 fully saturated rings. The van der Waals surface area contributed by atoms with Crippen LogP contribution in [0.5, 0.6) is 0 Å². The molecule has 0 saturated carbocycles. The summed E-state index contributed by atoms with van der Waals surface area (Å²) in [4.78, 5) is 21.2. The minimum absolute atomic E-state index is 0.00389. The third-order valence-corrected chi connectivity index (χ3v) is 1.22. The van der Waals surface area contributed by atoms with Crippen LogP contribution in [0.2, 0.25) is 0 Å². The summed E-state index contributed by atoms with van der Waals surface area (Å²) in [5.74, 6) is 8.79. The quantitative estimate of drug-likeness (QED) is 0.177. The van der Waals surface area contributed by atoms with Crippen molar-refractivity contribution in [1.29, 1.82) is 0 Å². The second-order valence-electron chi connectivity index (χ2n) is 2.30. The first kappa shape index (κ1) is 10.8. The van der Waals surface area contributed by atoms with Crippen molar-refractivity contribution in [2.45, 2.75) is 18.9 Å². The average Bonchev–Trinajstić information content (AvgIpc) is 2.03. The molecule has 8 N–H and O–H groups in total. The number of hydrogen-bond acceptors (Lipinski definition) is 5. The van der Waals surface area contributed by atoms with Gasteiger partial charge >= 0.3 is 0 Å². The van der Waals surface area contributed by atoms with Gasteiger partial charge in [-0.15, -0.1) is 0 Å². The lowest BCUT2D eigenvalue weighted by atomic mass is 10.1. The van der Waals surface area contributed by atoms with Crippen molar-refractivity contribution in [3.63, 3.8) is 0 Å². The Hall–Kier alpha value is -1.18. The maximum absolute atomic E-state index is 10.6. The van der Waals surface area contributed by atoms with E-state index in [4.69, 9.17) is 17.4 Å². The molecule has 0 bridgehead atoms. The Morgan fingerprint density at radius 2 is 1.42 bits per heavy atom. The van der Waals surface area contributed by atoms with Crippen LogP contribution in [-0.2, 0) is 9.59 Å². The van der Waals surface area contributed by atoms with Gasteiger partial charge in [-0.3, -0.25) is 20.4 Å². The minimum Gasteiger partial charge on any atom is -0.327 e. The third-order valence-electron chi connectivity index (χ3n) is 1.22. The van der Waals surface area contributed by atoms with Crippen molar-refractivity contribution in [3.8, 4) is 0 Å². The van der Waals surface area contributed by atoms with Gasteiger partial charge in [0.05, 0.1) is 0 Å². The highest BCUT2D eigenvalue weighted by Crippen LogP contribution is 1.93. The van der Waals surface area contributed by atoms with Crippen molar-refractivity contribution >= 4 is 11.8 Å². The Kier molecular flexibility index (Phi) is 4.93. The Balaban J connectivity index is 3.66. The van der Waals surface area contributed by atoms with E-state index in [1.54, 1.807) is 0 Å². The Labute approximate surface area is 69.6 Å². The number of rotatable bonds is 4. The van der Waals surface area contributed by atoms with E-state index >= 15 is 0 Å². The van der Waals surface area contributed by atoms with Gasteiger partial charge in [0.15, 0.2) is 0 Å². The van der Waals surface area contributed by atoms with E-state index in [0.717, 1.165) is 0 Å². The molecule has 0 heterocycles. The number of nitrogens with two attached hydrogens (primary N) is 3. The number of hydrazine groups is 2. The van der Waals surface area contributed by atoms with E-state index in [-0.39, 0.29) is 12.8 Å². The summed E-state index contributed by atoms with van der Waals surface area (Å²) in [6, 6.07) is -0.558. The van der Waals surface area contributed by atoms with Gasteiger partial charge in [0.25, 0.3) is 0 Å². The van der Waals surface area contributed by atoms with E-state index in [2.05, 4.69) is 0 Å². The van der Waals surface area contributed by atoms with E-state index < -0.39 is 17.9 Å². The zero-order valence-electron chi connectivity index (χ0n) is 6.54. The van der Waals surface area contributed by atoms with Gasteiger partial charge in [0.2, 0.25) is 11.8 Å². The van der Waals surface area contributed by atoms with Crippen LogP contribution < -0.4 is 28.3 Å². The number of amides is 2. The van der Waals surface area contributed by atoms with Crippen molar-refractivity contribution in [2.75, 3.05) is 0 Å². The fraction of sp³-hybridized carbons (Fsp3) is 0.600. The van der Waals surface area contributed by atoms with Crippen LogP contribution in [0.4, 0.5) is 0 Å². The van der Waals surface area contributed by atoms with E-state index in [1.165, 1.54) is 0 Å². The topological polar surface area (TPSA) is 136 Å². The van der Waals surface area contributed by atoms with Crippen LogP contribution >= 0.6 is 0 Å². The molecular weight excluding hydrogens is 162 g/mol. The first-order valence-corrected chi connectivity index (χ1v) is 3.34. The molecule has 7 nitrogen and oxygen atoms in total. The molecule has 0 aromatic rings. The Morgan fingerprint density at radius 1 is 1.08 bits per heavy atom. The van der Waals surface area contributed by atoms with Gasteiger partial charge in [0, 0.05) is 18.9 Å². The third kappa shape index (κ3) is 4.61. The van der Waals surface area contributed by atoms with Crippen LogP contribution in [0.1, 0.15) is 12.8 Å². The molecule has 0 saturated heterocycles. The fourth-order valence-electron chi connectivity index (χ4n) is 0.666. The summed E-state index contributed by atoms with van der Waals surface area (Å²) in [7, 11) is 0. The smallest absolute Gasteiger partial charge is 0.235 e. The molecule has 0 aliphatic heterocycles. The van der Waals surface area contributed by atoms with Crippen molar-refractivity contribution < 1.29 is 9.59 Å². The minimum atomic E-state index is -0.558. The molecule has 12 heavy (non-hydrogen) atoms. The molecule has 0 aromatic carbocycles. The first-order valence-electron chi connectivity index (χ1n) is 3.34. The van der Waals surface area contributed by atoms with Gasteiger partial charge in [-0.05, 0) is 0 Å². The maximum atomic E-state index is 10.6. The molecule has 2 amide bonds. The lowest BCUT2D eigenvalue weighted by Gasteiger charge is -2.08. The number of hydrogen-bond donors (Lipinski definition) is 5. The van der Waals surface area contributed by atoms with Crippen molar-refractivity contribution in [2.24, 2.45) is 17.4 Å². The van der Waals surface area contributed by atoms with E-state index in [0.29, 0.717) is 0 Å². The van der Waals surface area contributed by atoms with Gasteiger partial charge < -0.3 is 5.73 Å². The monoisotopic (exact) mass is 175 g/mol. The van der Waals surface area contributed by atoms with Gasteiger partial charge in [-0.25, -0.2) is 11.7 Å². The summed E-state index contributed by atoms with van der Waals surface area (Å²) in [6.07, 6.45) is 0.00778. The SMILES string of the molecule is NNC(=O)CC(N)CC(=O)NN. The number of nitrogens with one attached hydrogen (secondary N) is 2. The van der Waals surface area contributed by atoms with E-state index in [1.807, 2.05) is 10.9 Å². The molecule has 0 atom stereocenters. The van der Waals surface area contributed by atoms with Crippen LogP contribution in [-0.4, -0.2) is 17.9 Å². The summed E-state index contributed by atoms with van der Waals surface area (Å²) < 4.78 is 0. The summed E-state index contributed by atoms with van der Waals surface area (Å²) in [5, 5.41) is 0. The molecule has 7 heteroatoms. The normalized spacial score (nSPS) is 9.67. The molecule has 0 aliphatic carbocycles. The number of carbonyl (C=O) groups is 2. The van der Waals surface area contributed by atoms with E-state index in [9.17, 15) is 9.59 Å². The summed E-state index contributed by atoms with van der Waals surface area (Å²) in [6.45, 7) is 0. The molecule has 0 rings (SSSR count). The second-order valence-corrected chi connectivity index (χ2v) is 2.30. The molecule has 0 aliphatic rings. The molecule has 0 spiro atoms. The molecule has 0 radical (unpaired) electrons. The molecule has 0 aromatic heterocycles. The number of carbonyl (C=O) groups excluding carboxylic acids is 2. The zero-order valence-corrected chi connectivity index (χ0v) is 6.54. The average molecular weight is 175 g/mol. The summed E-state index contributed by atoms with van der Waals surface area (Å²) >= 11 is 0. The lowest BCUT2D eigenvalue weighted by Crippen LogP contribution is -2.39. The first-order chi connectivity index (χ1) is 5.60. The van der Waals surface area contributed by atoms with Crippen LogP contribution in [0.25, 0.3) is 0 Å². The van der Waals surface area contributed by atoms with Crippen LogP contribution in [0.15, 0.2) is 0 Å². The zero-order chi connectivity index (χ0) is 9.56. The van der Waals surface area contributed by atoms with Gasteiger partial charge in [0.1, 0.15) is 0 Å². The van der Waals surface area contributed by atoms with Crippen LogP contribution in [0.3, 0.4) is 0 Å². The summed E-state index contributed by atoms with van der Waals surface area (Å²) in [5.41, 5.74) is 9.20. The standard InChI is InChI=1S/C5H13N5O2/c6-3(1-4(11)9-7)2-5(12)10-8/h3H,1-2,6-8H2,(H,9,11)(H,10,12). The van der Waals surface area contributed by atoms with Crippen LogP contribution in [0, 0.1) is 0 Å². The Morgan fingerprint density at radius 3 is 1.67 bits per heavy atom. The molecular formula is C5H13N5O2. The maximum Gasteiger partial charge on any atom is 0.235 e. The van der Waals surface area contributed by atoms with Gasteiger partial charge in [-0.1, -0.05) is 0 Å². The largest absolute Gasteiger partial charge is 0.327 e. The Bertz CT molecular complexity index is 153. The molecule has 0 unspecified atom stereocenters. The molecule has 70 valence electrons. The predicted molar refractivity (Wildman–Crippen MR) is 41.9 cm³/mol. The highest BCUT2D eigenvalue weighted by molar-refractivity contribution is 5.79. The van der Waals surface area contributed by atoms with Gasteiger partial charge in [-0.2, -0.15) is 0 Å². The highest BCUT2D eigenvalue weighted by Gasteiger charge is 2.11. The predicted octanol–water partition coefficient (Wildman–Crippen LogP) is -2.93. The van der Waals surface area contributed by atoms with Crippen molar-refractivity contribution in [1.82, 2.24) is 10.9 Å². The second kappa shape index (κ2) is 5.47. The highest BCUT2D eigenvalue weighted by atomic mass is 16.2. The fourth-order valence-corrected chi connectivity index (χ4v) is 0.666. The lowest BCUT2D eigenvalue weighted by molar-refractivity contribution is -0.122. The van der Waals surface area contributed by atoms with Crippen molar-refractivity contribution in [3.05, 3.63) is 0 Å².